The molecule has 0 saturated heterocycles. The molecule has 0 radical (unpaired) electrons. The lowest BCUT2D eigenvalue weighted by atomic mass is 10.0. The first-order valence-electron chi connectivity index (χ1n) is 6.68. The molecule has 0 spiro atoms. The number of rotatable bonds is 13. The lowest BCUT2D eigenvalue weighted by Crippen LogP contribution is -2.09. The topological polar surface area (TPSA) is 68.3 Å². The monoisotopic (exact) mass is 506 g/mol. The maximum absolute atomic E-state index is 11.5. The Hall–Kier alpha value is 0.140. The van der Waals surface area contributed by atoms with Gasteiger partial charge in [-0.15, -0.1) is 0 Å². The molecule has 0 bridgehead atoms. The van der Waals surface area contributed by atoms with Crippen molar-refractivity contribution in [3.8, 4) is 0 Å². The highest BCUT2D eigenvalue weighted by atomic mass is 127. The van der Waals surface area contributed by atoms with Gasteiger partial charge in [-0.05, 0) is 0 Å². The zero-order chi connectivity index (χ0) is 15.4. The van der Waals surface area contributed by atoms with Crippen molar-refractivity contribution in [3.63, 3.8) is 0 Å². The molecule has 0 N–H and O–H groups in total. The summed E-state index contributed by atoms with van der Waals surface area (Å²) < 4.78 is 1.54. The van der Waals surface area contributed by atoms with Crippen LogP contribution in [0.2, 0.25) is 0 Å². The largest absolute Gasteiger partial charge is 0.300 e. The van der Waals surface area contributed by atoms with Crippen LogP contribution in [0.4, 0.5) is 0 Å². The Kier molecular flexibility index (Phi) is 12.9. The summed E-state index contributed by atoms with van der Waals surface area (Å²) >= 11 is 4.25. The third-order valence-electron chi connectivity index (χ3n) is 2.79. The van der Waals surface area contributed by atoms with E-state index in [0.717, 1.165) is 8.86 Å². The molecular formula is C14H20I2O4. The van der Waals surface area contributed by atoms with E-state index in [-0.39, 0.29) is 61.7 Å². The highest BCUT2D eigenvalue weighted by Crippen LogP contribution is 2.06. The second-order valence-electron chi connectivity index (χ2n) is 4.53. The molecule has 0 rings (SSSR count). The van der Waals surface area contributed by atoms with Gasteiger partial charge >= 0.3 is 0 Å². The zero-order valence-corrected chi connectivity index (χ0v) is 15.8. The number of ketones is 4. The van der Waals surface area contributed by atoms with Gasteiger partial charge in [-0.1, -0.05) is 45.2 Å². The Morgan fingerprint density at radius 3 is 0.850 bits per heavy atom. The molecule has 0 aliphatic carbocycles. The lowest BCUT2D eigenvalue weighted by molar-refractivity contribution is -0.126. The molecule has 0 fully saturated rings. The van der Waals surface area contributed by atoms with E-state index < -0.39 is 0 Å². The van der Waals surface area contributed by atoms with Gasteiger partial charge in [0.1, 0.15) is 23.1 Å². The Morgan fingerprint density at radius 2 is 0.650 bits per heavy atom. The maximum Gasteiger partial charge on any atom is 0.134 e. The number of halogens is 2. The van der Waals surface area contributed by atoms with E-state index in [9.17, 15) is 19.2 Å². The molecular weight excluding hydrogens is 486 g/mol. The van der Waals surface area contributed by atoms with Crippen molar-refractivity contribution < 1.29 is 19.2 Å². The van der Waals surface area contributed by atoms with Gasteiger partial charge in [-0.2, -0.15) is 0 Å². The standard InChI is InChI=1S/C14H20I2O4/c15-9-7-13(19)5-3-11(17)1-2-12(18)4-6-14(20)8-10-16/h1-10H2. The molecule has 0 aliphatic heterocycles. The van der Waals surface area contributed by atoms with E-state index in [4.69, 9.17) is 0 Å². The van der Waals surface area contributed by atoms with E-state index >= 15 is 0 Å². The van der Waals surface area contributed by atoms with Gasteiger partial charge in [0.2, 0.25) is 0 Å². The minimum Gasteiger partial charge on any atom is -0.300 e. The normalized spacial score (nSPS) is 10.3. The van der Waals surface area contributed by atoms with Gasteiger partial charge < -0.3 is 0 Å². The Labute approximate surface area is 147 Å². The van der Waals surface area contributed by atoms with Crippen molar-refractivity contribution in [2.75, 3.05) is 8.86 Å². The molecule has 0 heterocycles. The van der Waals surface area contributed by atoms with Crippen LogP contribution in [0.25, 0.3) is 0 Å². The lowest BCUT2D eigenvalue weighted by Gasteiger charge is -2.01. The maximum atomic E-state index is 11.5. The highest BCUT2D eigenvalue weighted by Gasteiger charge is 2.11. The van der Waals surface area contributed by atoms with Crippen LogP contribution in [-0.2, 0) is 19.2 Å². The van der Waals surface area contributed by atoms with E-state index in [1.807, 2.05) is 0 Å². The fourth-order valence-corrected chi connectivity index (χ4v) is 2.75. The predicted molar refractivity (Wildman–Crippen MR) is 94.7 cm³/mol. The average molecular weight is 506 g/mol. The van der Waals surface area contributed by atoms with Crippen molar-refractivity contribution >= 4 is 68.3 Å². The number of hydrogen-bond acceptors (Lipinski definition) is 4. The number of carbonyl (C=O) groups excluding carboxylic acids is 4. The van der Waals surface area contributed by atoms with Crippen molar-refractivity contribution in [1.82, 2.24) is 0 Å². The van der Waals surface area contributed by atoms with Crippen molar-refractivity contribution in [3.05, 3.63) is 0 Å². The van der Waals surface area contributed by atoms with E-state index in [2.05, 4.69) is 45.2 Å². The highest BCUT2D eigenvalue weighted by molar-refractivity contribution is 14.1. The molecule has 0 aromatic rings. The molecule has 0 aromatic carbocycles. The summed E-state index contributed by atoms with van der Waals surface area (Å²) in [6, 6.07) is 0. The second-order valence-corrected chi connectivity index (χ2v) is 6.69. The van der Waals surface area contributed by atoms with Crippen LogP contribution >= 0.6 is 45.2 Å². The van der Waals surface area contributed by atoms with Gasteiger partial charge in [-0.3, -0.25) is 19.2 Å². The summed E-state index contributed by atoms with van der Waals surface area (Å²) in [4.78, 5) is 45.6. The predicted octanol–water partition coefficient (Wildman–Crippen LogP) is 3.25. The fraction of sp³-hybridized carbons (Fsp3) is 0.714. The quantitative estimate of drug-likeness (QED) is 0.284. The molecule has 0 aromatic heterocycles. The zero-order valence-electron chi connectivity index (χ0n) is 11.5. The number of alkyl halides is 2. The summed E-state index contributed by atoms with van der Waals surface area (Å²) in [7, 11) is 0. The molecule has 0 unspecified atom stereocenters. The van der Waals surface area contributed by atoms with E-state index in [1.54, 1.807) is 0 Å². The van der Waals surface area contributed by atoms with Gasteiger partial charge in [0.05, 0.1) is 0 Å². The summed E-state index contributed by atoms with van der Waals surface area (Å²) in [5, 5.41) is 0. The average Bonchev–Trinajstić information content (AvgIpc) is 2.41. The fourth-order valence-electron chi connectivity index (χ4n) is 1.55. The molecule has 6 heteroatoms. The van der Waals surface area contributed by atoms with Crippen LogP contribution in [0.3, 0.4) is 0 Å². The third-order valence-corrected chi connectivity index (χ3v) is 3.87. The molecule has 0 saturated carbocycles. The van der Waals surface area contributed by atoms with Gasteiger partial charge in [-0.25, -0.2) is 0 Å². The molecule has 4 nitrogen and oxygen atoms in total. The van der Waals surface area contributed by atoms with Crippen LogP contribution in [0.5, 0.6) is 0 Å². The Morgan fingerprint density at radius 1 is 0.450 bits per heavy atom. The van der Waals surface area contributed by atoms with E-state index in [0.29, 0.717) is 12.8 Å². The third kappa shape index (κ3) is 11.9. The number of carbonyl (C=O) groups is 4. The van der Waals surface area contributed by atoms with Gasteiger partial charge in [0, 0.05) is 60.2 Å². The van der Waals surface area contributed by atoms with Crippen LogP contribution in [0.15, 0.2) is 0 Å². The molecule has 20 heavy (non-hydrogen) atoms. The molecule has 0 amide bonds. The first kappa shape index (κ1) is 20.1. The van der Waals surface area contributed by atoms with Crippen molar-refractivity contribution in [1.29, 1.82) is 0 Å². The first-order chi connectivity index (χ1) is 9.49. The second kappa shape index (κ2) is 12.8. The number of hydrogen-bond donors (Lipinski definition) is 0. The first-order valence-corrected chi connectivity index (χ1v) is 9.73. The number of Topliss-reactive ketones (excluding diaryl/α,β-unsaturated/α-hetero) is 4. The summed E-state index contributed by atoms with van der Waals surface area (Å²) in [5.41, 5.74) is 0. The Bertz CT molecular complexity index is 319. The van der Waals surface area contributed by atoms with Gasteiger partial charge in [0.15, 0.2) is 0 Å². The smallest absolute Gasteiger partial charge is 0.134 e. The molecule has 0 aliphatic rings. The summed E-state index contributed by atoms with van der Waals surface area (Å²) in [6.45, 7) is 0. The molecule has 0 atom stereocenters. The van der Waals surface area contributed by atoms with Gasteiger partial charge in [0.25, 0.3) is 0 Å². The van der Waals surface area contributed by atoms with Crippen molar-refractivity contribution in [2.24, 2.45) is 0 Å². The minimum atomic E-state index is -0.0428. The molecule has 114 valence electrons. The van der Waals surface area contributed by atoms with Crippen LogP contribution in [0, 0.1) is 0 Å². The summed E-state index contributed by atoms with van der Waals surface area (Å²) in [5.74, 6) is 0.115. The van der Waals surface area contributed by atoms with E-state index in [1.165, 1.54) is 0 Å². The minimum absolute atomic E-state index is 0.0428. The van der Waals surface area contributed by atoms with Crippen LogP contribution in [-0.4, -0.2) is 32.0 Å². The van der Waals surface area contributed by atoms with Crippen molar-refractivity contribution in [2.45, 2.75) is 51.4 Å². The summed E-state index contributed by atoms with van der Waals surface area (Å²) in [6.07, 6.45) is 2.42. The van der Waals surface area contributed by atoms with Crippen LogP contribution < -0.4 is 0 Å². The Balaban J connectivity index is 3.70. The van der Waals surface area contributed by atoms with Crippen LogP contribution in [0.1, 0.15) is 51.4 Å². The SMILES string of the molecule is O=C(CCI)CCC(=O)CCC(=O)CCC(=O)CCI.